The van der Waals surface area contributed by atoms with Crippen molar-refractivity contribution in [1.29, 1.82) is 0 Å². The van der Waals surface area contributed by atoms with E-state index >= 15 is 0 Å². The van der Waals surface area contributed by atoms with E-state index in [4.69, 9.17) is 4.74 Å². The molecule has 2 heterocycles. The zero-order chi connectivity index (χ0) is 18.2. The van der Waals surface area contributed by atoms with Gasteiger partial charge in [0.05, 0.1) is 11.8 Å². The quantitative estimate of drug-likeness (QED) is 0.736. The molecule has 0 unspecified atom stereocenters. The number of hydrogen-bond donors (Lipinski definition) is 1. The highest BCUT2D eigenvalue weighted by atomic mass is 19.4. The van der Waals surface area contributed by atoms with Crippen LogP contribution in [0.25, 0.3) is 10.9 Å². The van der Waals surface area contributed by atoms with Crippen LogP contribution in [0.15, 0.2) is 47.5 Å². The summed E-state index contributed by atoms with van der Waals surface area (Å²) in [5.74, 6) is -1.24. The first kappa shape index (κ1) is 16.7. The van der Waals surface area contributed by atoms with E-state index < -0.39 is 23.8 Å². The predicted octanol–water partition coefficient (Wildman–Crippen LogP) is 2.72. The van der Waals surface area contributed by atoms with Crippen LogP contribution in [0.5, 0.6) is 0 Å². The van der Waals surface area contributed by atoms with Crippen molar-refractivity contribution in [3.8, 4) is 0 Å². The Hall–Kier alpha value is -3.10. The first-order valence-corrected chi connectivity index (χ1v) is 7.14. The largest absolute Gasteiger partial charge is 0.444 e. The van der Waals surface area contributed by atoms with E-state index in [-0.39, 0.29) is 11.1 Å². The minimum Gasteiger partial charge on any atom is -0.444 e. The van der Waals surface area contributed by atoms with E-state index in [0.717, 1.165) is 18.5 Å². The molecule has 0 saturated heterocycles. The van der Waals surface area contributed by atoms with Gasteiger partial charge in [0.25, 0.3) is 0 Å². The van der Waals surface area contributed by atoms with Crippen LogP contribution < -0.4 is 5.56 Å². The van der Waals surface area contributed by atoms with Crippen LogP contribution in [0, 0.1) is 0 Å². The van der Waals surface area contributed by atoms with Gasteiger partial charge in [-0.2, -0.15) is 18.3 Å². The number of H-pyrrole nitrogens is 1. The molecule has 0 bridgehead atoms. The third-order valence-corrected chi connectivity index (χ3v) is 3.52. The summed E-state index contributed by atoms with van der Waals surface area (Å²) in [4.78, 5) is 26.5. The van der Waals surface area contributed by atoms with Crippen LogP contribution >= 0.6 is 0 Å². The minimum atomic E-state index is -4.82. The Balaban J connectivity index is 2.02. The number of nitrogens with zero attached hydrogens (tertiary/aromatic N) is 2. The molecule has 25 heavy (non-hydrogen) atoms. The summed E-state index contributed by atoms with van der Waals surface area (Å²) >= 11 is 0. The number of nitrogens with one attached hydrogen (secondary N) is 1. The van der Waals surface area contributed by atoms with Crippen LogP contribution in [0.3, 0.4) is 0 Å². The third-order valence-electron chi connectivity index (χ3n) is 3.52. The number of carbonyl (C=O) groups is 1. The van der Waals surface area contributed by atoms with Crippen molar-refractivity contribution in [2.45, 2.75) is 12.3 Å². The number of fused-ring (bicyclic) bond motifs is 1. The summed E-state index contributed by atoms with van der Waals surface area (Å²) in [6.07, 6.45) is -5.22. The minimum absolute atomic E-state index is 0.238. The molecule has 1 N–H and O–H groups in total. The topological polar surface area (TPSA) is 77.0 Å². The SMILES string of the molecule is Cn1cc([C@H](OC(=O)c2cc(=O)[nH]c3ccccc23)C(F)(F)F)cn1. The maximum atomic E-state index is 13.3. The molecule has 1 atom stereocenters. The average molecular weight is 351 g/mol. The maximum Gasteiger partial charge on any atom is 0.429 e. The molecule has 2 aromatic heterocycles. The number of ether oxygens (including phenoxy) is 1. The maximum absolute atomic E-state index is 13.3. The molecule has 0 radical (unpaired) electrons. The molecule has 0 amide bonds. The lowest BCUT2D eigenvalue weighted by Gasteiger charge is -2.19. The predicted molar refractivity (Wildman–Crippen MR) is 82.0 cm³/mol. The fraction of sp³-hybridized carbons (Fsp3) is 0.188. The molecule has 3 rings (SSSR count). The lowest BCUT2D eigenvalue weighted by molar-refractivity contribution is -0.207. The van der Waals surface area contributed by atoms with E-state index in [0.29, 0.717) is 10.9 Å². The van der Waals surface area contributed by atoms with Crippen LogP contribution in [-0.2, 0) is 11.8 Å². The normalized spacial score (nSPS) is 13.0. The van der Waals surface area contributed by atoms with E-state index in [1.807, 2.05) is 0 Å². The smallest absolute Gasteiger partial charge is 0.429 e. The zero-order valence-corrected chi connectivity index (χ0v) is 12.9. The van der Waals surface area contributed by atoms with Gasteiger partial charge in [0, 0.05) is 35.8 Å². The van der Waals surface area contributed by atoms with E-state index in [1.54, 1.807) is 12.1 Å². The summed E-state index contributed by atoms with van der Waals surface area (Å²) in [6.45, 7) is 0. The standard InChI is InChI=1S/C16H12F3N3O3/c1-22-8-9(7-20-22)14(16(17,18)19)25-15(24)11-6-13(23)21-12-5-3-2-4-10(11)12/h2-8,14H,1H3,(H,21,23)/t14-/m0/s1. The van der Waals surface area contributed by atoms with Crippen molar-refractivity contribution in [2.24, 2.45) is 7.05 Å². The second-order valence-electron chi connectivity index (χ2n) is 5.37. The Morgan fingerprint density at radius 3 is 2.68 bits per heavy atom. The average Bonchev–Trinajstić information content (AvgIpc) is 2.96. The number of alkyl halides is 3. The fourth-order valence-electron chi connectivity index (χ4n) is 2.44. The number of aromatic nitrogens is 3. The number of esters is 1. The summed E-state index contributed by atoms with van der Waals surface area (Å²) in [6, 6.07) is 7.19. The molecule has 0 spiro atoms. The van der Waals surface area contributed by atoms with E-state index in [2.05, 4.69) is 10.1 Å². The number of hydrogen-bond acceptors (Lipinski definition) is 4. The third kappa shape index (κ3) is 3.39. The first-order chi connectivity index (χ1) is 11.8. The Morgan fingerprint density at radius 1 is 1.32 bits per heavy atom. The van der Waals surface area contributed by atoms with Gasteiger partial charge < -0.3 is 9.72 Å². The van der Waals surface area contributed by atoms with Gasteiger partial charge in [-0.3, -0.25) is 9.48 Å². The fourth-order valence-corrected chi connectivity index (χ4v) is 2.44. The second kappa shape index (κ2) is 6.08. The van der Waals surface area contributed by atoms with Crippen LogP contribution in [0.1, 0.15) is 22.0 Å². The zero-order valence-electron chi connectivity index (χ0n) is 12.9. The number of para-hydroxylation sites is 1. The molecule has 0 fully saturated rings. The molecular formula is C16H12F3N3O3. The van der Waals surface area contributed by atoms with Crippen molar-refractivity contribution >= 4 is 16.9 Å². The van der Waals surface area contributed by atoms with Gasteiger partial charge in [-0.25, -0.2) is 4.79 Å². The molecule has 1 aromatic carbocycles. The highest BCUT2D eigenvalue weighted by Crippen LogP contribution is 2.36. The lowest BCUT2D eigenvalue weighted by atomic mass is 10.1. The van der Waals surface area contributed by atoms with Crippen molar-refractivity contribution < 1.29 is 22.7 Å². The molecule has 9 heteroatoms. The van der Waals surface area contributed by atoms with Crippen molar-refractivity contribution in [1.82, 2.24) is 14.8 Å². The first-order valence-electron chi connectivity index (χ1n) is 7.14. The van der Waals surface area contributed by atoms with E-state index in [1.165, 1.54) is 23.9 Å². The number of halogens is 3. The number of carbonyl (C=O) groups excluding carboxylic acids is 1. The van der Waals surface area contributed by atoms with Gasteiger partial charge >= 0.3 is 12.1 Å². The van der Waals surface area contributed by atoms with Crippen molar-refractivity contribution in [3.63, 3.8) is 0 Å². The molecule has 0 saturated carbocycles. The molecular weight excluding hydrogens is 339 g/mol. The molecule has 0 aliphatic carbocycles. The molecule has 130 valence electrons. The van der Waals surface area contributed by atoms with Gasteiger partial charge in [0.1, 0.15) is 0 Å². The monoisotopic (exact) mass is 351 g/mol. The van der Waals surface area contributed by atoms with Gasteiger partial charge in [-0.1, -0.05) is 18.2 Å². The van der Waals surface area contributed by atoms with Gasteiger partial charge in [-0.05, 0) is 6.07 Å². The summed E-state index contributed by atoms with van der Waals surface area (Å²) in [5, 5.41) is 3.96. The Bertz CT molecular complexity index is 991. The van der Waals surface area contributed by atoms with Gasteiger partial charge in [0.2, 0.25) is 11.7 Å². The number of aromatic amines is 1. The van der Waals surface area contributed by atoms with Crippen molar-refractivity contribution in [3.05, 3.63) is 64.2 Å². The van der Waals surface area contributed by atoms with E-state index in [9.17, 15) is 22.8 Å². The number of rotatable bonds is 3. The number of pyridine rings is 1. The molecule has 6 nitrogen and oxygen atoms in total. The summed E-state index contributed by atoms with van der Waals surface area (Å²) in [5.41, 5.74) is -0.836. The van der Waals surface area contributed by atoms with Crippen LogP contribution in [0.2, 0.25) is 0 Å². The lowest BCUT2D eigenvalue weighted by Crippen LogP contribution is -2.26. The molecule has 3 aromatic rings. The van der Waals surface area contributed by atoms with Crippen LogP contribution in [-0.4, -0.2) is 26.9 Å². The Kier molecular flexibility index (Phi) is 4.07. The van der Waals surface area contributed by atoms with Crippen LogP contribution in [0.4, 0.5) is 13.2 Å². The number of aryl methyl sites for hydroxylation is 1. The summed E-state index contributed by atoms with van der Waals surface area (Å²) < 4.78 is 45.8. The molecule has 0 aliphatic rings. The Labute approximate surface area is 138 Å². The highest BCUT2D eigenvalue weighted by Gasteiger charge is 2.45. The number of benzene rings is 1. The Morgan fingerprint density at radius 2 is 2.04 bits per heavy atom. The van der Waals surface area contributed by atoms with Gasteiger partial charge in [0.15, 0.2) is 0 Å². The highest BCUT2D eigenvalue weighted by molar-refractivity contribution is 6.03. The summed E-state index contributed by atoms with van der Waals surface area (Å²) in [7, 11) is 1.45. The van der Waals surface area contributed by atoms with Gasteiger partial charge in [-0.15, -0.1) is 0 Å². The molecule has 0 aliphatic heterocycles. The second-order valence-corrected chi connectivity index (χ2v) is 5.37. The van der Waals surface area contributed by atoms with Crippen molar-refractivity contribution in [2.75, 3.05) is 0 Å².